The molecule has 0 saturated carbocycles. The third kappa shape index (κ3) is 3.90. The van der Waals surface area contributed by atoms with Gasteiger partial charge in [0.25, 0.3) is 5.56 Å². The van der Waals surface area contributed by atoms with Crippen molar-refractivity contribution in [3.8, 4) is 17.0 Å². The van der Waals surface area contributed by atoms with Gasteiger partial charge in [-0.1, -0.05) is 19.1 Å². The van der Waals surface area contributed by atoms with Gasteiger partial charge in [-0.15, -0.1) is 0 Å². The van der Waals surface area contributed by atoms with Gasteiger partial charge in [0, 0.05) is 24.7 Å². The molecule has 6 nitrogen and oxygen atoms in total. The highest BCUT2D eigenvalue weighted by molar-refractivity contribution is 5.76. The van der Waals surface area contributed by atoms with Crippen molar-refractivity contribution in [3.63, 3.8) is 0 Å². The average Bonchev–Trinajstić information content (AvgIpc) is 2.64. The van der Waals surface area contributed by atoms with Crippen LogP contribution in [0.2, 0.25) is 0 Å². The Bertz CT molecular complexity index is 808. The van der Waals surface area contributed by atoms with Crippen LogP contribution in [-0.2, 0) is 11.3 Å². The van der Waals surface area contributed by atoms with E-state index in [4.69, 9.17) is 4.74 Å². The van der Waals surface area contributed by atoms with Crippen LogP contribution in [0.5, 0.6) is 5.75 Å². The maximum atomic E-state index is 12.5. The second-order valence-corrected chi connectivity index (χ2v) is 6.48. The molecule has 1 fully saturated rings. The summed E-state index contributed by atoms with van der Waals surface area (Å²) in [6.45, 7) is 3.67. The third-order valence-electron chi connectivity index (χ3n) is 4.67. The first-order valence-electron chi connectivity index (χ1n) is 8.58. The molecule has 1 aromatic heterocycles. The molecule has 2 aromatic rings. The number of rotatable bonds is 4. The van der Waals surface area contributed by atoms with Crippen molar-refractivity contribution >= 4 is 5.91 Å². The Labute approximate surface area is 147 Å². The monoisotopic (exact) mass is 341 g/mol. The number of aromatic nitrogens is 2. The van der Waals surface area contributed by atoms with Crippen LogP contribution in [0.3, 0.4) is 0 Å². The summed E-state index contributed by atoms with van der Waals surface area (Å²) in [5.74, 6) is 1.27. The van der Waals surface area contributed by atoms with Crippen LogP contribution < -0.4 is 10.3 Å². The molecule has 0 spiro atoms. The first kappa shape index (κ1) is 17.2. The van der Waals surface area contributed by atoms with Crippen molar-refractivity contribution in [2.24, 2.45) is 5.92 Å². The average molecular weight is 341 g/mol. The highest BCUT2D eigenvalue weighted by atomic mass is 16.5. The highest BCUT2D eigenvalue weighted by Crippen LogP contribution is 2.27. The number of piperidine rings is 1. The molecule has 0 bridgehead atoms. The second-order valence-electron chi connectivity index (χ2n) is 6.48. The molecule has 1 saturated heterocycles. The number of carbonyl (C=O) groups is 1. The molecule has 0 aliphatic carbocycles. The summed E-state index contributed by atoms with van der Waals surface area (Å²) in [6.07, 6.45) is 2.02. The number of ether oxygens (including phenoxy) is 1. The zero-order valence-corrected chi connectivity index (χ0v) is 14.6. The van der Waals surface area contributed by atoms with Gasteiger partial charge in [0.05, 0.1) is 12.8 Å². The Morgan fingerprint density at radius 2 is 1.92 bits per heavy atom. The molecule has 0 unspecified atom stereocenters. The lowest BCUT2D eigenvalue weighted by Gasteiger charge is -2.30. The molecule has 2 heterocycles. The van der Waals surface area contributed by atoms with E-state index in [1.54, 1.807) is 13.2 Å². The van der Waals surface area contributed by atoms with Gasteiger partial charge in [0.2, 0.25) is 5.91 Å². The van der Waals surface area contributed by atoms with Gasteiger partial charge in [0.1, 0.15) is 12.3 Å². The van der Waals surface area contributed by atoms with E-state index in [9.17, 15) is 9.59 Å². The summed E-state index contributed by atoms with van der Waals surface area (Å²) >= 11 is 0. The standard InChI is InChI=1S/C19H23N3O3/c1-14-9-11-21(12-10-14)19(24)13-22-18(23)8-7-16(20-22)15-5-3-4-6-17(15)25-2/h3-8,14H,9-13H2,1-2H3. The topological polar surface area (TPSA) is 64.4 Å². The Hall–Kier alpha value is -2.63. The van der Waals surface area contributed by atoms with E-state index in [-0.39, 0.29) is 18.0 Å². The number of hydrogen-bond acceptors (Lipinski definition) is 4. The van der Waals surface area contributed by atoms with Gasteiger partial charge in [-0.3, -0.25) is 9.59 Å². The van der Waals surface area contributed by atoms with Crippen LogP contribution in [0.4, 0.5) is 0 Å². The van der Waals surface area contributed by atoms with E-state index >= 15 is 0 Å². The van der Waals surface area contributed by atoms with E-state index in [1.165, 1.54) is 10.7 Å². The lowest BCUT2D eigenvalue weighted by Crippen LogP contribution is -2.41. The summed E-state index contributed by atoms with van der Waals surface area (Å²) in [7, 11) is 1.59. The SMILES string of the molecule is COc1ccccc1-c1ccc(=O)n(CC(=O)N2CCC(C)CC2)n1. The molecule has 1 aliphatic rings. The van der Waals surface area contributed by atoms with Crippen LogP contribution in [-0.4, -0.2) is 40.8 Å². The van der Waals surface area contributed by atoms with Crippen molar-refractivity contribution in [2.75, 3.05) is 20.2 Å². The largest absolute Gasteiger partial charge is 0.496 e. The second kappa shape index (κ2) is 7.51. The number of nitrogens with zero attached hydrogens (tertiary/aromatic N) is 3. The van der Waals surface area contributed by atoms with Crippen molar-refractivity contribution < 1.29 is 9.53 Å². The number of hydrogen-bond donors (Lipinski definition) is 0. The molecule has 1 aliphatic heterocycles. The van der Waals surface area contributed by atoms with Crippen LogP contribution in [0.25, 0.3) is 11.3 Å². The lowest BCUT2D eigenvalue weighted by atomic mass is 9.99. The summed E-state index contributed by atoms with van der Waals surface area (Å²) in [5, 5.41) is 4.38. The molecular formula is C19H23N3O3. The van der Waals surface area contributed by atoms with Crippen molar-refractivity contribution in [1.29, 1.82) is 0 Å². The molecule has 0 N–H and O–H groups in total. The van der Waals surface area contributed by atoms with Crippen LogP contribution >= 0.6 is 0 Å². The predicted molar refractivity (Wildman–Crippen MR) is 95.5 cm³/mol. The molecule has 25 heavy (non-hydrogen) atoms. The molecule has 0 radical (unpaired) electrons. The van der Waals surface area contributed by atoms with Crippen LogP contribution in [0.1, 0.15) is 19.8 Å². The molecule has 132 valence electrons. The summed E-state index contributed by atoms with van der Waals surface area (Å²) in [5.41, 5.74) is 1.12. The first-order chi connectivity index (χ1) is 12.1. The molecular weight excluding hydrogens is 318 g/mol. The van der Waals surface area contributed by atoms with Crippen molar-refractivity contribution in [3.05, 3.63) is 46.8 Å². The Balaban J connectivity index is 1.82. The Kier molecular flexibility index (Phi) is 5.16. The van der Waals surface area contributed by atoms with Gasteiger partial charge in [-0.25, -0.2) is 4.68 Å². The van der Waals surface area contributed by atoms with E-state index in [1.807, 2.05) is 29.2 Å². The van der Waals surface area contributed by atoms with E-state index < -0.39 is 0 Å². The van der Waals surface area contributed by atoms with Gasteiger partial charge in [0.15, 0.2) is 0 Å². The first-order valence-corrected chi connectivity index (χ1v) is 8.58. The van der Waals surface area contributed by atoms with Gasteiger partial charge in [-0.2, -0.15) is 5.10 Å². The maximum Gasteiger partial charge on any atom is 0.267 e. The number of benzene rings is 1. The van der Waals surface area contributed by atoms with E-state index in [0.717, 1.165) is 31.5 Å². The lowest BCUT2D eigenvalue weighted by molar-refractivity contribution is -0.133. The number of amides is 1. The minimum atomic E-state index is -0.280. The maximum absolute atomic E-state index is 12.5. The molecule has 0 atom stereocenters. The normalized spacial score (nSPS) is 15.2. The zero-order valence-electron chi connectivity index (χ0n) is 14.6. The minimum absolute atomic E-state index is 0.0315. The number of methoxy groups -OCH3 is 1. The predicted octanol–water partition coefficient (Wildman–Crippen LogP) is 2.18. The molecule has 6 heteroatoms. The van der Waals surface area contributed by atoms with E-state index in [0.29, 0.717) is 17.4 Å². The fraction of sp³-hybridized carbons (Fsp3) is 0.421. The summed E-state index contributed by atoms with van der Waals surface area (Å²) in [6, 6.07) is 10.6. The minimum Gasteiger partial charge on any atom is -0.496 e. The third-order valence-corrected chi connectivity index (χ3v) is 4.67. The number of para-hydroxylation sites is 1. The van der Waals surface area contributed by atoms with Crippen LogP contribution in [0, 0.1) is 5.92 Å². The highest BCUT2D eigenvalue weighted by Gasteiger charge is 2.21. The zero-order chi connectivity index (χ0) is 17.8. The van der Waals surface area contributed by atoms with Gasteiger partial charge in [-0.05, 0) is 37.0 Å². The smallest absolute Gasteiger partial charge is 0.267 e. The summed E-state index contributed by atoms with van der Waals surface area (Å²) < 4.78 is 6.59. The molecule has 1 aromatic carbocycles. The fourth-order valence-electron chi connectivity index (χ4n) is 3.05. The molecule has 1 amide bonds. The summed E-state index contributed by atoms with van der Waals surface area (Å²) in [4.78, 5) is 26.4. The Morgan fingerprint density at radius 1 is 1.20 bits per heavy atom. The van der Waals surface area contributed by atoms with Crippen molar-refractivity contribution in [2.45, 2.75) is 26.3 Å². The van der Waals surface area contributed by atoms with Crippen LogP contribution in [0.15, 0.2) is 41.2 Å². The Morgan fingerprint density at radius 3 is 2.64 bits per heavy atom. The van der Waals surface area contributed by atoms with Gasteiger partial charge < -0.3 is 9.64 Å². The van der Waals surface area contributed by atoms with Gasteiger partial charge >= 0.3 is 0 Å². The fourth-order valence-corrected chi connectivity index (χ4v) is 3.05. The van der Waals surface area contributed by atoms with E-state index in [2.05, 4.69) is 12.0 Å². The number of carbonyl (C=O) groups excluding carboxylic acids is 1. The quantitative estimate of drug-likeness (QED) is 0.855. The number of likely N-dealkylation sites (tertiary alicyclic amines) is 1. The molecule has 3 rings (SSSR count). The van der Waals surface area contributed by atoms with Crippen molar-refractivity contribution in [1.82, 2.24) is 14.7 Å².